The van der Waals surface area contributed by atoms with Gasteiger partial charge >= 0.3 is 0 Å². The lowest BCUT2D eigenvalue weighted by Gasteiger charge is -2.21. The minimum Gasteiger partial charge on any atom is -0.353 e. The molecule has 126 valence electrons. The zero-order valence-electron chi connectivity index (χ0n) is 14.4. The summed E-state index contributed by atoms with van der Waals surface area (Å²) in [7, 11) is 3.87. The first-order valence-corrected chi connectivity index (χ1v) is 8.76. The molecule has 5 nitrogen and oxygen atoms in total. The highest BCUT2D eigenvalue weighted by atomic mass is 15.3. The van der Waals surface area contributed by atoms with Crippen LogP contribution >= 0.6 is 0 Å². The molecule has 0 bridgehead atoms. The summed E-state index contributed by atoms with van der Waals surface area (Å²) < 4.78 is 1.89. The van der Waals surface area contributed by atoms with Gasteiger partial charge in [0.05, 0.1) is 6.20 Å². The van der Waals surface area contributed by atoms with E-state index in [0.29, 0.717) is 17.9 Å². The van der Waals surface area contributed by atoms with E-state index < -0.39 is 0 Å². The van der Waals surface area contributed by atoms with Crippen LogP contribution in [0.3, 0.4) is 0 Å². The summed E-state index contributed by atoms with van der Waals surface area (Å²) >= 11 is 0. The Morgan fingerprint density at radius 1 is 1.25 bits per heavy atom. The van der Waals surface area contributed by atoms with Gasteiger partial charge in [0.15, 0.2) is 5.96 Å². The Morgan fingerprint density at radius 2 is 2.08 bits per heavy atom. The summed E-state index contributed by atoms with van der Waals surface area (Å²) in [6.07, 6.45) is 6.50. The van der Waals surface area contributed by atoms with Crippen LogP contribution in [0.2, 0.25) is 0 Å². The Bertz CT molecular complexity index is 720. The third-order valence-electron chi connectivity index (χ3n) is 5.23. The van der Waals surface area contributed by atoms with Crippen molar-refractivity contribution in [2.24, 2.45) is 12.0 Å². The van der Waals surface area contributed by atoms with Gasteiger partial charge in [-0.25, -0.2) is 0 Å². The minimum atomic E-state index is 0.517. The zero-order chi connectivity index (χ0) is 16.5. The second-order valence-corrected chi connectivity index (χ2v) is 6.93. The van der Waals surface area contributed by atoms with E-state index in [1.54, 1.807) is 0 Å². The second kappa shape index (κ2) is 6.30. The number of aromatic nitrogens is 2. The van der Waals surface area contributed by atoms with E-state index in [4.69, 9.17) is 0 Å². The zero-order valence-corrected chi connectivity index (χ0v) is 14.4. The average Bonchev–Trinajstić information content (AvgIpc) is 2.99. The van der Waals surface area contributed by atoms with Gasteiger partial charge in [0.25, 0.3) is 0 Å². The third-order valence-corrected chi connectivity index (χ3v) is 5.23. The number of hydrogen-bond donors (Lipinski definition) is 1. The molecule has 1 saturated carbocycles. The lowest BCUT2D eigenvalue weighted by molar-refractivity contribution is 0.484. The first kappa shape index (κ1) is 15.2. The molecule has 2 heterocycles. The normalized spacial score (nSPS) is 26.7. The molecule has 24 heavy (non-hydrogen) atoms. The number of likely N-dealkylation sites (tertiary alicyclic amines) is 1. The predicted molar refractivity (Wildman–Crippen MR) is 96.2 cm³/mol. The molecule has 2 aromatic rings. The highest BCUT2D eigenvalue weighted by molar-refractivity contribution is 5.81. The van der Waals surface area contributed by atoms with Crippen LogP contribution in [0.15, 0.2) is 47.7 Å². The molecule has 3 atom stereocenters. The molecule has 2 aliphatic rings. The van der Waals surface area contributed by atoms with Gasteiger partial charge in [0.1, 0.15) is 0 Å². The largest absolute Gasteiger partial charge is 0.353 e. The van der Waals surface area contributed by atoms with Crippen molar-refractivity contribution in [3.63, 3.8) is 0 Å². The molecule has 1 aliphatic heterocycles. The maximum atomic E-state index is 4.52. The van der Waals surface area contributed by atoms with Crippen LogP contribution in [0.4, 0.5) is 0 Å². The van der Waals surface area contributed by atoms with Crippen molar-refractivity contribution in [2.75, 3.05) is 20.1 Å². The van der Waals surface area contributed by atoms with E-state index in [2.05, 4.69) is 56.8 Å². The van der Waals surface area contributed by atoms with E-state index in [1.807, 2.05) is 25.0 Å². The van der Waals surface area contributed by atoms with Crippen LogP contribution in [0.25, 0.3) is 0 Å². The average molecular weight is 323 g/mol. The third kappa shape index (κ3) is 3.03. The Balaban J connectivity index is 1.36. The molecule has 0 spiro atoms. The molecular weight excluding hydrogens is 298 g/mol. The number of benzene rings is 1. The topological polar surface area (TPSA) is 45.5 Å². The van der Waals surface area contributed by atoms with E-state index >= 15 is 0 Å². The number of rotatable bonds is 3. The molecule has 0 radical (unpaired) electrons. The molecule has 2 fully saturated rings. The van der Waals surface area contributed by atoms with Gasteiger partial charge in [0.2, 0.25) is 0 Å². The summed E-state index contributed by atoms with van der Waals surface area (Å²) in [6, 6.07) is 11.3. The van der Waals surface area contributed by atoms with Gasteiger partial charge in [-0.2, -0.15) is 5.10 Å². The standard InChI is InChI=1S/C19H25N5/c1-20-19(22-18-10-17(18)14-6-4-3-5-7-14)24-9-8-15(13-24)16-11-21-23(2)12-16/h3-7,11-12,15,17-18H,8-10,13H2,1-2H3,(H,20,22). The number of hydrogen-bond acceptors (Lipinski definition) is 2. The Kier molecular flexibility index (Phi) is 4.00. The van der Waals surface area contributed by atoms with Crippen LogP contribution in [0, 0.1) is 0 Å². The smallest absolute Gasteiger partial charge is 0.193 e. The Morgan fingerprint density at radius 3 is 2.79 bits per heavy atom. The molecule has 3 unspecified atom stereocenters. The summed E-state index contributed by atoms with van der Waals surface area (Å²) in [6.45, 7) is 2.08. The van der Waals surface area contributed by atoms with Crippen molar-refractivity contribution in [1.82, 2.24) is 20.0 Å². The maximum absolute atomic E-state index is 4.52. The van der Waals surface area contributed by atoms with E-state index in [1.165, 1.54) is 24.0 Å². The van der Waals surface area contributed by atoms with Crippen molar-refractivity contribution in [3.8, 4) is 0 Å². The molecule has 4 rings (SSSR count). The number of nitrogens with zero attached hydrogens (tertiary/aromatic N) is 4. The summed E-state index contributed by atoms with van der Waals surface area (Å²) in [4.78, 5) is 6.91. The van der Waals surface area contributed by atoms with Gasteiger partial charge in [-0.05, 0) is 24.0 Å². The van der Waals surface area contributed by atoms with Gasteiger partial charge < -0.3 is 10.2 Å². The fourth-order valence-corrected chi connectivity index (χ4v) is 3.76. The van der Waals surface area contributed by atoms with E-state index in [-0.39, 0.29) is 0 Å². The number of nitrogens with one attached hydrogen (secondary N) is 1. The highest BCUT2D eigenvalue weighted by Gasteiger charge is 2.40. The van der Waals surface area contributed by atoms with Crippen molar-refractivity contribution < 1.29 is 0 Å². The molecule has 1 saturated heterocycles. The Labute approximate surface area is 143 Å². The van der Waals surface area contributed by atoms with Crippen LogP contribution in [-0.4, -0.2) is 46.8 Å². The molecule has 1 aromatic heterocycles. The highest BCUT2D eigenvalue weighted by Crippen LogP contribution is 2.40. The van der Waals surface area contributed by atoms with Gasteiger partial charge in [-0.15, -0.1) is 0 Å². The van der Waals surface area contributed by atoms with Gasteiger partial charge in [0, 0.05) is 51.3 Å². The van der Waals surface area contributed by atoms with Crippen LogP contribution < -0.4 is 5.32 Å². The number of aryl methyl sites for hydroxylation is 1. The first-order chi connectivity index (χ1) is 11.7. The quantitative estimate of drug-likeness (QED) is 0.696. The van der Waals surface area contributed by atoms with Gasteiger partial charge in [-0.1, -0.05) is 30.3 Å². The summed E-state index contributed by atoms with van der Waals surface area (Å²) in [5.41, 5.74) is 2.77. The van der Waals surface area contributed by atoms with Crippen molar-refractivity contribution in [3.05, 3.63) is 53.9 Å². The summed E-state index contributed by atoms with van der Waals surface area (Å²) in [5, 5.41) is 7.97. The predicted octanol–water partition coefficient (Wildman–Crippen LogP) is 2.34. The lowest BCUT2D eigenvalue weighted by atomic mass is 10.0. The second-order valence-electron chi connectivity index (χ2n) is 6.93. The fourth-order valence-electron chi connectivity index (χ4n) is 3.76. The van der Waals surface area contributed by atoms with Crippen molar-refractivity contribution in [1.29, 1.82) is 0 Å². The lowest BCUT2D eigenvalue weighted by Crippen LogP contribution is -2.41. The van der Waals surface area contributed by atoms with Crippen LogP contribution in [0.5, 0.6) is 0 Å². The molecule has 1 aliphatic carbocycles. The molecule has 5 heteroatoms. The first-order valence-electron chi connectivity index (χ1n) is 8.76. The van der Waals surface area contributed by atoms with Crippen molar-refractivity contribution >= 4 is 5.96 Å². The van der Waals surface area contributed by atoms with E-state index in [0.717, 1.165) is 19.0 Å². The maximum Gasteiger partial charge on any atom is 0.193 e. The molecule has 0 amide bonds. The number of aliphatic imine (C=N–C) groups is 1. The fraction of sp³-hybridized carbons (Fsp3) is 0.474. The van der Waals surface area contributed by atoms with Crippen LogP contribution in [-0.2, 0) is 7.05 Å². The Hall–Kier alpha value is -2.30. The molecule has 1 N–H and O–H groups in total. The van der Waals surface area contributed by atoms with Gasteiger partial charge in [-0.3, -0.25) is 9.67 Å². The van der Waals surface area contributed by atoms with E-state index in [9.17, 15) is 0 Å². The monoisotopic (exact) mass is 323 g/mol. The van der Waals surface area contributed by atoms with Crippen molar-refractivity contribution in [2.45, 2.75) is 30.7 Å². The molecular formula is C19H25N5. The molecule has 1 aromatic carbocycles. The minimum absolute atomic E-state index is 0.517. The SMILES string of the molecule is CN=C(NC1CC1c1ccccc1)N1CCC(c2cnn(C)c2)C1. The van der Waals surface area contributed by atoms with Crippen LogP contribution in [0.1, 0.15) is 35.8 Å². The number of guanidine groups is 1. The summed E-state index contributed by atoms with van der Waals surface area (Å²) in [5.74, 6) is 2.23.